The van der Waals surface area contributed by atoms with E-state index >= 15 is 0 Å². The van der Waals surface area contributed by atoms with Crippen LogP contribution in [0.25, 0.3) is 11.0 Å². The average Bonchev–Trinajstić information content (AvgIpc) is 3.33. The van der Waals surface area contributed by atoms with Crippen LogP contribution >= 0.6 is 0 Å². The smallest absolute Gasteiger partial charge is 0.290 e. The molecule has 1 saturated heterocycles. The van der Waals surface area contributed by atoms with Crippen LogP contribution in [0.5, 0.6) is 0 Å². The summed E-state index contributed by atoms with van der Waals surface area (Å²) in [4.78, 5) is 49.8. The Morgan fingerprint density at radius 3 is 2.58 bits per heavy atom. The van der Waals surface area contributed by atoms with E-state index in [1.165, 1.54) is 4.90 Å². The summed E-state index contributed by atoms with van der Waals surface area (Å²) in [5.41, 5.74) is -0.000978. The topological polar surface area (TPSA) is 96.7 Å². The number of amides is 3. The van der Waals surface area contributed by atoms with Gasteiger partial charge in [-0.05, 0) is 25.0 Å². The number of carbonyl (C=O) groups excluding carboxylic acids is 3. The van der Waals surface area contributed by atoms with E-state index in [4.69, 9.17) is 4.42 Å². The zero-order chi connectivity index (χ0) is 16.8. The van der Waals surface area contributed by atoms with Crippen LogP contribution in [0.3, 0.4) is 0 Å². The molecular formula is C17H14N2O5. The number of imide groups is 1. The molecule has 2 heterocycles. The van der Waals surface area contributed by atoms with Gasteiger partial charge < -0.3 is 9.32 Å². The van der Waals surface area contributed by atoms with E-state index < -0.39 is 23.8 Å². The molecule has 1 aliphatic heterocycles. The fourth-order valence-corrected chi connectivity index (χ4v) is 3.02. The van der Waals surface area contributed by atoms with Crippen LogP contribution < -0.4 is 10.7 Å². The molecule has 24 heavy (non-hydrogen) atoms. The number of nitrogens with zero attached hydrogens (tertiary/aromatic N) is 1. The molecule has 7 nitrogen and oxygen atoms in total. The SMILES string of the molecule is O=C1CC(N(C(=O)c2cc(=O)c3ccccc3o2)C2CC2)C(=O)N1. The van der Waals surface area contributed by atoms with Crippen LogP contribution in [-0.4, -0.2) is 34.7 Å². The van der Waals surface area contributed by atoms with E-state index in [0.717, 1.165) is 18.9 Å². The minimum Gasteiger partial charge on any atom is -0.451 e. The summed E-state index contributed by atoms with van der Waals surface area (Å²) in [6, 6.07) is 6.87. The van der Waals surface area contributed by atoms with Gasteiger partial charge in [-0.2, -0.15) is 0 Å². The normalized spacial score (nSPS) is 20.2. The minimum atomic E-state index is -0.839. The molecule has 2 fully saturated rings. The molecule has 0 bridgehead atoms. The first-order valence-corrected chi connectivity index (χ1v) is 7.74. The summed E-state index contributed by atoms with van der Waals surface area (Å²) in [5, 5.41) is 2.60. The maximum Gasteiger partial charge on any atom is 0.290 e. The van der Waals surface area contributed by atoms with Gasteiger partial charge in [-0.1, -0.05) is 12.1 Å². The summed E-state index contributed by atoms with van der Waals surface area (Å²) < 4.78 is 5.58. The van der Waals surface area contributed by atoms with Gasteiger partial charge in [-0.15, -0.1) is 0 Å². The van der Waals surface area contributed by atoms with Gasteiger partial charge in [0.05, 0.1) is 11.8 Å². The van der Waals surface area contributed by atoms with E-state index in [9.17, 15) is 19.2 Å². The first-order valence-electron chi connectivity index (χ1n) is 7.74. The summed E-state index contributed by atoms with van der Waals surface area (Å²) in [5.74, 6) is -1.53. The predicted molar refractivity (Wildman–Crippen MR) is 83.2 cm³/mol. The van der Waals surface area contributed by atoms with Crippen LogP contribution in [0.1, 0.15) is 29.8 Å². The fourth-order valence-electron chi connectivity index (χ4n) is 3.02. The van der Waals surface area contributed by atoms with E-state index in [1.54, 1.807) is 24.3 Å². The molecule has 1 atom stereocenters. The Morgan fingerprint density at radius 1 is 1.17 bits per heavy atom. The van der Waals surface area contributed by atoms with E-state index in [1.807, 2.05) is 0 Å². The van der Waals surface area contributed by atoms with Gasteiger partial charge in [-0.3, -0.25) is 24.5 Å². The molecule has 122 valence electrons. The number of rotatable bonds is 3. The number of nitrogens with one attached hydrogen (secondary N) is 1. The van der Waals surface area contributed by atoms with Crippen molar-refractivity contribution in [1.29, 1.82) is 0 Å². The molecule has 1 unspecified atom stereocenters. The van der Waals surface area contributed by atoms with Crippen molar-refractivity contribution in [2.24, 2.45) is 0 Å². The highest BCUT2D eigenvalue weighted by Crippen LogP contribution is 2.32. The van der Waals surface area contributed by atoms with Gasteiger partial charge in [0.15, 0.2) is 11.2 Å². The Kier molecular flexibility index (Phi) is 3.23. The van der Waals surface area contributed by atoms with E-state index in [0.29, 0.717) is 11.0 Å². The van der Waals surface area contributed by atoms with Gasteiger partial charge in [0.1, 0.15) is 11.6 Å². The van der Waals surface area contributed by atoms with Crippen molar-refractivity contribution in [3.05, 3.63) is 46.3 Å². The molecular weight excluding hydrogens is 312 g/mol. The first-order chi connectivity index (χ1) is 11.5. The predicted octanol–water partition coefficient (Wildman–Crippen LogP) is 0.813. The number of hydrogen-bond acceptors (Lipinski definition) is 5. The monoisotopic (exact) mass is 326 g/mol. The van der Waals surface area contributed by atoms with Crippen molar-refractivity contribution >= 4 is 28.7 Å². The number of fused-ring (bicyclic) bond motifs is 1. The van der Waals surface area contributed by atoms with Gasteiger partial charge in [0.2, 0.25) is 11.8 Å². The van der Waals surface area contributed by atoms with Crippen LogP contribution in [0.15, 0.2) is 39.5 Å². The summed E-state index contributed by atoms with van der Waals surface area (Å²) in [6.07, 6.45) is 1.47. The molecule has 7 heteroatoms. The Bertz CT molecular complexity index is 928. The molecule has 4 rings (SSSR count). The van der Waals surface area contributed by atoms with E-state index in [2.05, 4.69) is 5.32 Å². The highest BCUT2D eigenvalue weighted by Gasteiger charge is 2.45. The molecule has 1 aromatic carbocycles. The summed E-state index contributed by atoms with van der Waals surface area (Å²) in [7, 11) is 0. The largest absolute Gasteiger partial charge is 0.451 e. The summed E-state index contributed by atoms with van der Waals surface area (Å²) in [6.45, 7) is 0. The quantitative estimate of drug-likeness (QED) is 0.842. The third-order valence-corrected chi connectivity index (χ3v) is 4.30. The fraction of sp³-hybridized carbons (Fsp3) is 0.294. The van der Waals surface area contributed by atoms with Crippen molar-refractivity contribution in [3.8, 4) is 0 Å². The van der Waals surface area contributed by atoms with Gasteiger partial charge >= 0.3 is 0 Å². The maximum absolute atomic E-state index is 12.9. The summed E-state index contributed by atoms with van der Waals surface area (Å²) >= 11 is 0. The lowest BCUT2D eigenvalue weighted by Gasteiger charge is -2.26. The zero-order valence-corrected chi connectivity index (χ0v) is 12.7. The molecule has 2 aromatic rings. The van der Waals surface area contributed by atoms with Crippen LogP contribution in [0, 0.1) is 0 Å². The highest BCUT2D eigenvalue weighted by atomic mass is 16.3. The molecule has 1 saturated carbocycles. The Balaban J connectivity index is 1.74. The molecule has 1 aliphatic carbocycles. The van der Waals surface area contributed by atoms with Crippen LogP contribution in [0.2, 0.25) is 0 Å². The third-order valence-electron chi connectivity index (χ3n) is 4.30. The molecule has 1 aromatic heterocycles. The first kappa shape index (κ1) is 14.6. The molecule has 3 amide bonds. The second-order valence-electron chi connectivity index (χ2n) is 6.05. The lowest BCUT2D eigenvalue weighted by Crippen LogP contribution is -2.46. The second kappa shape index (κ2) is 5.30. The van der Waals surface area contributed by atoms with Crippen molar-refractivity contribution in [3.63, 3.8) is 0 Å². The molecule has 0 spiro atoms. The van der Waals surface area contributed by atoms with Crippen molar-refractivity contribution in [2.45, 2.75) is 31.3 Å². The number of benzene rings is 1. The Morgan fingerprint density at radius 2 is 1.92 bits per heavy atom. The van der Waals surface area contributed by atoms with Crippen LogP contribution in [-0.2, 0) is 9.59 Å². The average molecular weight is 326 g/mol. The van der Waals surface area contributed by atoms with Crippen LogP contribution in [0.4, 0.5) is 0 Å². The van der Waals surface area contributed by atoms with Crippen molar-refractivity contribution in [2.75, 3.05) is 0 Å². The number of carbonyl (C=O) groups is 3. The third kappa shape index (κ3) is 2.38. The molecule has 1 N–H and O–H groups in total. The second-order valence-corrected chi connectivity index (χ2v) is 6.05. The minimum absolute atomic E-state index is 0.0567. The van der Waals surface area contributed by atoms with E-state index in [-0.39, 0.29) is 23.7 Å². The maximum atomic E-state index is 12.9. The van der Waals surface area contributed by atoms with Crippen molar-refractivity contribution in [1.82, 2.24) is 10.2 Å². The molecule has 0 radical (unpaired) electrons. The molecule has 2 aliphatic rings. The lowest BCUT2D eigenvalue weighted by molar-refractivity contribution is -0.126. The zero-order valence-electron chi connectivity index (χ0n) is 12.7. The van der Waals surface area contributed by atoms with Crippen molar-refractivity contribution < 1.29 is 18.8 Å². The van der Waals surface area contributed by atoms with Gasteiger partial charge in [-0.25, -0.2) is 0 Å². The highest BCUT2D eigenvalue weighted by molar-refractivity contribution is 6.08. The number of para-hydroxylation sites is 1. The number of hydrogen-bond donors (Lipinski definition) is 1. The lowest BCUT2D eigenvalue weighted by atomic mass is 10.1. The van der Waals surface area contributed by atoms with Gasteiger partial charge in [0.25, 0.3) is 5.91 Å². The Hall–Kier alpha value is -2.96. The Labute approximate surface area is 136 Å². The van der Waals surface area contributed by atoms with Gasteiger partial charge in [0, 0.05) is 12.1 Å². The standard InChI is InChI=1S/C17H14N2O5/c20-12-8-14(24-13-4-2-1-3-10(12)13)17(23)19(9-5-6-9)11-7-15(21)18-16(11)22/h1-4,8-9,11H,5-7H2,(H,18,21,22).